The van der Waals surface area contributed by atoms with Crippen LogP contribution in [0.25, 0.3) is 0 Å². The largest absolute Gasteiger partial charge is 0.511 e. The van der Waals surface area contributed by atoms with Crippen LogP contribution in [0.1, 0.15) is 39.5 Å². The number of ketones is 1. The summed E-state index contributed by atoms with van der Waals surface area (Å²) in [7, 11) is 3.28. The van der Waals surface area contributed by atoms with Crippen LogP contribution in [-0.4, -0.2) is 48.1 Å². The van der Waals surface area contributed by atoms with E-state index < -0.39 is 5.92 Å². The standard InChI is InChI=1S/C15H24N2O4/c1-5-7-11(16-21-6-2)14-12(18)8-10(9-13(14)19)15(20)17(3)4/h10,18H,5-9H2,1-4H3. The number of oxime groups is 1. The Morgan fingerprint density at radius 1 is 1.38 bits per heavy atom. The van der Waals surface area contributed by atoms with Crippen LogP contribution in [0.2, 0.25) is 0 Å². The first kappa shape index (κ1) is 17.2. The number of Topliss-reactive ketones (excluding diaryl/α,β-unsaturated/α-hetero) is 1. The van der Waals surface area contributed by atoms with Gasteiger partial charge in [-0.25, -0.2) is 0 Å². The van der Waals surface area contributed by atoms with Crippen molar-refractivity contribution >= 4 is 17.4 Å². The summed E-state index contributed by atoms with van der Waals surface area (Å²) in [6.07, 6.45) is 1.62. The van der Waals surface area contributed by atoms with Crippen molar-refractivity contribution in [3.63, 3.8) is 0 Å². The molecule has 0 heterocycles. The number of nitrogens with zero attached hydrogens (tertiary/aromatic N) is 2. The minimum atomic E-state index is -0.494. The summed E-state index contributed by atoms with van der Waals surface area (Å²) in [4.78, 5) is 30.7. The van der Waals surface area contributed by atoms with Gasteiger partial charge in [0.1, 0.15) is 12.4 Å². The number of rotatable bonds is 6. The Morgan fingerprint density at radius 3 is 2.52 bits per heavy atom. The van der Waals surface area contributed by atoms with Crippen molar-refractivity contribution in [1.82, 2.24) is 4.90 Å². The third kappa shape index (κ3) is 4.31. The molecule has 1 N–H and O–H groups in total. The third-order valence-electron chi connectivity index (χ3n) is 3.31. The average molecular weight is 296 g/mol. The second kappa shape index (κ2) is 7.81. The molecule has 0 aliphatic heterocycles. The van der Waals surface area contributed by atoms with E-state index in [4.69, 9.17) is 4.84 Å². The zero-order valence-corrected chi connectivity index (χ0v) is 13.2. The van der Waals surface area contributed by atoms with Crippen LogP contribution in [0, 0.1) is 5.92 Å². The van der Waals surface area contributed by atoms with Crippen LogP contribution in [-0.2, 0) is 14.4 Å². The van der Waals surface area contributed by atoms with Crippen molar-refractivity contribution in [2.24, 2.45) is 11.1 Å². The predicted molar refractivity (Wildman–Crippen MR) is 80.0 cm³/mol. The van der Waals surface area contributed by atoms with Gasteiger partial charge in [0.05, 0.1) is 17.2 Å². The van der Waals surface area contributed by atoms with Gasteiger partial charge in [-0.3, -0.25) is 9.59 Å². The van der Waals surface area contributed by atoms with E-state index in [9.17, 15) is 14.7 Å². The molecule has 1 aliphatic carbocycles. The second-order valence-electron chi connectivity index (χ2n) is 5.29. The van der Waals surface area contributed by atoms with E-state index in [0.29, 0.717) is 18.7 Å². The highest BCUT2D eigenvalue weighted by Gasteiger charge is 2.34. The van der Waals surface area contributed by atoms with E-state index in [1.807, 2.05) is 6.92 Å². The van der Waals surface area contributed by atoms with Crippen LogP contribution in [0.15, 0.2) is 16.5 Å². The van der Waals surface area contributed by atoms with E-state index >= 15 is 0 Å². The lowest BCUT2D eigenvalue weighted by Crippen LogP contribution is -2.35. The Morgan fingerprint density at radius 2 is 2.05 bits per heavy atom. The molecule has 0 saturated heterocycles. The van der Waals surface area contributed by atoms with Crippen molar-refractivity contribution < 1.29 is 19.5 Å². The molecule has 6 nitrogen and oxygen atoms in total. The van der Waals surface area contributed by atoms with Crippen molar-refractivity contribution in [1.29, 1.82) is 0 Å². The number of carbonyl (C=O) groups excluding carboxylic acids is 2. The highest BCUT2D eigenvalue weighted by Crippen LogP contribution is 2.28. The van der Waals surface area contributed by atoms with E-state index in [0.717, 1.165) is 6.42 Å². The number of allylic oxidation sites excluding steroid dienone is 2. The van der Waals surface area contributed by atoms with Gasteiger partial charge < -0.3 is 14.8 Å². The molecule has 1 unspecified atom stereocenters. The van der Waals surface area contributed by atoms with Crippen molar-refractivity contribution in [3.05, 3.63) is 11.3 Å². The van der Waals surface area contributed by atoms with E-state index in [-0.39, 0.29) is 35.9 Å². The Labute approximate surface area is 125 Å². The summed E-state index contributed by atoms with van der Waals surface area (Å²) >= 11 is 0. The van der Waals surface area contributed by atoms with Gasteiger partial charge >= 0.3 is 0 Å². The molecule has 0 saturated carbocycles. The molecule has 6 heteroatoms. The lowest BCUT2D eigenvalue weighted by molar-refractivity contribution is -0.135. The summed E-state index contributed by atoms with van der Waals surface area (Å²) in [5.41, 5.74) is 0.700. The molecular formula is C15H24N2O4. The third-order valence-corrected chi connectivity index (χ3v) is 3.31. The van der Waals surface area contributed by atoms with E-state index in [1.165, 1.54) is 4.90 Å². The molecule has 0 aromatic heterocycles. The fourth-order valence-corrected chi connectivity index (χ4v) is 2.36. The highest BCUT2D eigenvalue weighted by molar-refractivity contribution is 6.23. The van der Waals surface area contributed by atoms with Gasteiger partial charge in [0.25, 0.3) is 0 Å². The zero-order valence-electron chi connectivity index (χ0n) is 13.2. The summed E-state index contributed by atoms with van der Waals surface area (Å²) in [5, 5.41) is 14.1. The number of amides is 1. The maximum Gasteiger partial charge on any atom is 0.226 e. The van der Waals surface area contributed by atoms with Crippen molar-refractivity contribution in [2.45, 2.75) is 39.5 Å². The minimum Gasteiger partial charge on any atom is -0.511 e. The first-order valence-electron chi connectivity index (χ1n) is 7.27. The van der Waals surface area contributed by atoms with Crippen LogP contribution >= 0.6 is 0 Å². The van der Waals surface area contributed by atoms with Gasteiger partial charge in [-0.1, -0.05) is 18.5 Å². The topological polar surface area (TPSA) is 79.2 Å². The molecule has 1 amide bonds. The van der Waals surface area contributed by atoms with Gasteiger partial charge in [0, 0.05) is 26.9 Å². The molecule has 1 atom stereocenters. The molecule has 1 aliphatic rings. The monoisotopic (exact) mass is 296 g/mol. The maximum atomic E-state index is 12.3. The Balaban J connectivity index is 3.04. The highest BCUT2D eigenvalue weighted by atomic mass is 16.6. The van der Waals surface area contributed by atoms with E-state index in [1.54, 1.807) is 21.0 Å². The summed E-state index contributed by atoms with van der Waals surface area (Å²) < 4.78 is 0. The molecule has 0 aromatic carbocycles. The van der Waals surface area contributed by atoms with Crippen LogP contribution in [0.4, 0.5) is 0 Å². The van der Waals surface area contributed by atoms with Crippen molar-refractivity contribution in [2.75, 3.05) is 20.7 Å². The molecule has 0 spiro atoms. The number of hydrogen-bond acceptors (Lipinski definition) is 5. The van der Waals surface area contributed by atoms with Crippen LogP contribution in [0.3, 0.4) is 0 Å². The molecule has 1 rings (SSSR count). The van der Waals surface area contributed by atoms with Gasteiger partial charge in [-0.15, -0.1) is 0 Å². The number of aliphatic hydroxyl groups excluding tert-OH is 1. The molecule has 0 fully saturated rings. The van der Waals surface area contributed by atoms with Crippen LogP contribution < -0.4 is 0 Å². The molecule has 118 valence electrons. The summed E-state index contributed by atoms with van der Waals surface area (Å²) in [5.74, 6) is -0.942. The fourth-order valence-electron chi connectivity index (χ4n) is 2.36. The van der Waals surface area contributed by atoms with E-state index in [2.05, 4.69) is 5.16 Å². The first-order valence-corrected chi connectivity index (χ1v) is 7.27. The molecule has 0 aromatic rings. The number of carbonyl (C=O) groups is 2. The normalized spacial score (nSPS) is 19.7. The SMILES string of the molecule is CCCC(=NOCC)C1=C(O)CC(C(=O)N(C)C)CC1=O. The zero-order chi connectivity index (χ0) is 16.0. The average Bonchev–Trinajstić information content (AvgIpc) is 2.42. The lowest BCUT2D eigenvalue weighted by atomic mass is 9.83. The Bertz CT molecular complexity index is 466. The van der Waals surface area contributed by atoms with Crippen molar-refractivity contribution in [3.8, 4) is 0 Å². The fraction of sp³-hybridized carbons (Fsp3) is 0.667. The predicted octanol–water partition coefficient (Wildman–Crippen LogP) is 2.06. The number of hydrogen-bond donors (Lipinski definition) is 1. The molecule has 0 bridgehead atoms. The van der Waals surface area contributed by atoms with Crippen LogP contribution in [0.5, 0.6) is 0 Å². The maximum absolute atomic E-state index is 12.3. The first-order chi connectivity index (χ1) is 9.92. The van der Waals surface area contributed by atoms with Gasteiger partial charge in [-0.2, -0.15) is 0 Å². The lowest BCUT2D eigenvalue weighted by Gasteiger charge is -2.25. The molecule has 0 radical (unpaired) electrons. The number of aliphatic hydroxyl groups is 1. The quantitative estimate of drug-likeness (QED) is 0.601. The molecule has 21 heavy (non-hydrogen) atoms. The minimum absolute atomic E-state index is 0.0571. The van der Waals surface area contributed by atoms with Gasteiger partial charge in [0.2, 0.25) is 5.91 Å². The van der Waals surface area contributed by atoms with Gasteiger partial charge in [-0.05, 0) is 13.3 Å². The smallest absolute Gasteiger partial charge is 0.226 e. The second-order valence-corrected chi connectivity index (χ2v) is 5.29. The summed E-state index contributed by atoms with van der Waals surface area (Å²) in [6, 6.07) is 0. The Kier molecular flexibility index (Phi) is 6.39. The van der Waals surface area contributed by atoms with Gasteiger partial charge in [0.15, 0.2) is 5.78 Å². The summed E-state index contributed by atoms with van der Waals surface area (Å²) in [6.45, 7) is 4.16. The molecular weight excluding hydrogens is 272 g/mol. The Hall–Kier alpha value is -1.85.